The molecular weight excluding hydrogens is 262 g/mol. The van der Waals surface area contributed by atoms with Gasteiger partial charge in [0.05, 0.1) is 0 Å². The van der Waals surface area contributed by atoms with Crippen molar-refractivity contribution in [1.29, 1.82) is 0 Å². The molecule has 0 radical (unpaired) electrons. The highest BCUT2D eigenvalue weighted by atomic mass is 32.2. The molecule has 2 aliphatic rings. The zero-order valence-electron chi connectivity index (χ0n) is 12.6. The first kappa shape index (κ1) is 14.5. The summed E-state index contributed by atoms with van der Waals surface area (Å²) < 4.78 is 0. The van der Waals surface area contributed by atoms with E-state index in [9.17, 15) is 0 Å². The third-order valence-corrected chi connectivity index (χ3v) is 6.33. The van der Waals surface area contributed by atoms with Crippen molar-refractivity contribution in [2.45, 2.75) is 68.1 Å². The van der Waals surface area contributed by atoms with Gasteiger partial charge in [-0.25, -0.2) is 0 Å². The lowest BCUT2D eigenvalue weighted by atomic mass is 9.87. The monoisotopic (exact) mass is 289 g/mol. The number of nitrogens with one attached hydrogen (secondary N) is 1. The van der Waals surface area contributed by atoms with Crippen molar-refractivity contribution in [1.82, 2.24) is 5.32 Å². The molecule has 0 amide bonds. The van der Waals surface area contributed by atoms with Crippen LogP contribution in [0.15, 0.2) is 29.2 Å². The van der Waals surface area contributed by atoms with Crippen molar-refractivity contribution < 1.29 is 0 Å². The van der Waals surface area contributed by atoms with Crippen LogP contribution in [0.4, 0.5) is 0 Å². The summed E-state index contributed by atoms with van der Waals surface area (Å²) in [6.45, 7) is 3.37. The van der Waals surface area contributed by atoms with Gasteiger partial charge in [-0.2, -0.15) is 0 Å². The van der Waals surface area contributed by atoms with E-state index in [4.69, 9.17) is 0 Å². The average molecular weight is 289 g/mol. The molecule has 110 valence electrons. The van der Waals surface area contributed by atoms with E-state index in [0.717, 1.165) is 17.7 Å². The second-order valence-electron chi connectivity index (χ2n) is 6.30. The highest BCUT2D eigenvalue weighted by molar-refractivity contribution is 8.00. The Hall–Kier alpha value is -0.470. The van der Waals surface area contributed by atoms with Crippen LogP contribution in [0.1, 0.15) is 51.0 Å². The van der Waals surface area contributed by atoms with Crippen LogP contribution < -0.4 is 5.32 Å². The van der Waals surface area contributed by atoms with E-state index in [-0.39, 0.29) is 0 Å². The van der Waals surface area contributed by atoms with Gasteiger partial charge in [0.25, 0.3) is 0 Å². The van der Waals surface area contributed by atoms with Crippen molar-refractivity contribution in [3.63, 3.8) is 0 Å². The molecule has 2 atom stereocenters. The topological polar surface area (TPSA) is 12.0 Å². The van der Waals surface area contributed by atoms with Crippen molar-refractivity contribution >= 4 is 11.8 Å². The molecule has 2 unspecified atom stereocenters. The van der Waals surface area contributed by atoms with E-state index >= 15 is 0 Å². The molecule has 1 heterocycles. The number of hydrogen-bond donors (Lipinski definition) is 1. The normalized spacial score (nSPS) is 25.1. The van der Waals surface area contributed by atoms with E-state index in [1.54, 1.807) is 5.56 Å². The van der Waals surface area contributed by atoms with Gasteiger partial charge in [-0.05, 0) is 43.4 Å². The first-order valence-electron chi connectivity index (χ1n) is 8.36. The van der Waals surface area contributed by atoms with E-state index < -0.39 is 0 Å². The van der Waals surface area contributed by atoms with E-state index in [2.05, 4.69) is 48.3 Å². The van der Waals surface area contributed by atoms with E-state index in [1.165, 1.54) is 49.8 Å². The lowest BCUT2D eigenvalue weighted by molar-refractivity contribution is 0.316. The van der Waals surface area contributed by atoms with Gasteiger partial charge in [-0.15, -0.1) is 11.8 Å². The predicted molar refractivity (Wildman–Crippen MR) is 88.4 cm³/mol. The summed E-state index contributed by atoms with van der Waals surface area (Å²) >= 11 is 2.12. The molecule has 1 fully saturated rings. The van der Waals surface area contributed by atoms with Gasteiger partial charge in [0, 0.05) is 16.2 Å². The zero-order chi connectivity index (χ0) is 13.8. The Balaban J connectivity index is 1.71. The fraction of sp³-hybridized carbons (Fsp3) is 0.667. The maximum absolute atomic E-state index is 3.84. The Labute approximate surface area is 127 Å². The predicted octanol–water partition coefficient (Wildman–Crippen LogP) is 4.65. The van der Waals surface area contributed by atoms with Gasteiger partial charge in [0.2, 0.25) is 0 Å². The minimum Gasteiger partial charge on any atom is -0.313 e. The molecule has 3 rings (SSSR count). The summed E-state index contributed by atoms with van der Waals surface area (Å²) in [6.07, 6.45) is 9.92. The minimum absolute atomic E-state index is 0.704. The number of benzene rings is 1. The molecule has 20 heavy (non-hydrogen) atoms. The molecule has 1 N–H and O–H groups in total. The summed E-state index contributed by atoms with van der Waals surface area (Å²) in [5.41, 5.74) is 1.57. The van der Waals surface area contributed by atoms with Crippen LogP contribution in [0.3, 0.4) is 0 Å². The second kappa shape index (κ2) is 7.00. The van der Waals surface area contributed by atoms with Crippen molar-refractivity contribution in [3.05, 3.63) is 29.8 Å². The summed E-state index contributed by atoms with van der Waals surface area (Å²) in [5, 5.41) is 4.58. The maximum Gasteiger partial charge on any atom is 0.0291 e. The third kappa shape index (κ3) is 3.23. The fourth-order valence-corrected chi connectivity index (χ4v) is 5.43. The lowest BCUT2D eigenvalue weighted by Gasteiger charge is -2.31. The Morgan fingerprint density at radius 3 is 2.60 bits per heavy atom. The molecule has 1 aromatic rings. The molecule has 2 heteroatoms. The van der Waals surface area contributed by atoms with Crippen molar-refractivity contribution in [2.75, 3.05) is 6.54 Å². The summed E-state index contributed by atoms with van der Waals surface area (Å²) in [7, 11) is 0. The van der Waals surface area contributed by atoms with Gasteiger partial charge in [0.1, 0.15) is 0 Å². The second-order valence-corrected chi connectivity index (χ2v) is 7.58. The average Bonchev–Trinajstić information content (AvgIpc) is 2.71. The summed E-state index contributed by atoms with van der Waals surface area (Å²) in [6, 6.07) is 9.70. The van der Waals surface area contributed by atoms with Crippen molar-refractivity contribution in [2.24, 2.45) is 5.92 Å². The minimum atomic E-state index is 0.704. The molecule has 1 aliphatic heterocycles. The molecule has 1 aliphatic carbocycles. The number of hydrogen-bond acceptors (Lipinski definition) is 2. The highest BCUT2D eigenvalue weighted by Gasteiger charge is 2.33. The van der Waals surface area contributed by atoms with Crippen LogP contribution in [0, 0.1) is 5.92 Å². The van der Waals surface area contributed by atoms with Crippen LogP contribution in [0.5, 0.6) is 0 Å². The molecule has 1 saturated carbocycles. The Morgan fingerprint density at radius 1 is 1.15 bits per heavy atom. The molecule has 0 spiro atoms. The van der Waals surface area contributed by atoms with E-state index in [0.29, 0.717) is 6.04 Å². The SMILES string of the molecule is CCNC(C1CCCCCC1)C1Cc2ccccc2S1. The van der Waals surface area contributed by atoms with Crippen LogP contribution >= 0.6 is 11.8 Å². The standard InChI is InChI=1S/C18H27NS/c1-2-19-18(14-9-5-3-4-6-10-14)17-13-15-11-7-8-12-16(15)20-17/h7-8,11-12,14,17-19H,2-6,9-10,13H2,1H3. The fourth-order valence-electron chi connectivity index (χ4n) is 3.92. The molecule has 0 bridgehead atoms. The first-order chi connectivity index (χ1) is 9.88. The Kier molecular flexibility index (Phi) is 5.06. The molecule has 0 saturated heterocycles. The summed E-state index contributed by atoms with van der Waals surface area (Å²) in [5.74, 6) is 0.893. The van der Waals surface area contributed by atoms with E-state index in [1.807, 2.05) is 0 Å². The van der Waals surface area contributed by atoms with Crippen LogP contribution in [0.2, 0.25) is 0 Å². The summed E-state index contributed by atoms with van der Waals surface area (Å²) in [4.78, 5) is 1.52. The van der Waals surface area contributed by atoms with Gasteiger partial charge in [0.15, 0.2) is 0 Å². The number of fused-ring (bicyclic) bond motifs is 1. The quantitative estimate of drug-likeness (QED) is 0.810. The Bertz CT molecular complexity index is 398. The Morgan fingerprint density at radius 2 is 1.90 bits per heavy atom. The molecule has 1 nitrogen and oxygen atoms in total. The molecular formula is C18H27NS. The van der Waals surface area contributed by atoms with Crippen molar-refractivity contribution in [3.8, 4) is 0 Å². The first-order valence-corrected chi connectivity index (χ1v) is 9.24. The van der Waals surface area contributed by atoms with Gasteiger partial charge >= 0.3 is 0 Å². The lowest BCUT2D eigenvalue weighted by Crippen LogP contribution is -2.44. The van der Waals surface area contributed by atoms with Gasteiger partial charge in [-0.1, -0.05) is 50.8 Å². The zero-order valence-corrected chi connectivity index (χ0v) is 13.4. The van der Waals surface area contributed by atoms with Crippen LogP contribution in [-0.4, -0.2) is 17.8 Å². The highest BCUT2D eigenvalue weighted by Crippen LogP contribution is 2.41. The molecule has 1 aromatic carbocycles. The smallest absolute Gasteiger partial charge is 0.0291 e. The van der Waals surface area contributed by atoms with Crippen LogP contribution in [-0.2, 0) is 6.42 Å². The third-order valence-electron chi connectivity index (χ3n) is 4.92. The van der Waals surface area contributed by atoms with Gasteiger partial charge in [-0.3, -0.25) is 0 Å². The van der Waals surface area contributed by atoms with Crippen LogP contribution in [0.25, 0.3) is 0 Å². The number of thioether (sulfide) groups is 1. The van der Waals surface area contributed by atoms with Gasteiger partial charge < -0.3 is 5.32 Å². The molecule has 0 aromatic heterocycles. The maximum atomic E-state index is 3.84. The number of rotatable bonds is 4. The largest absolute Gasteiger partial charge is 0.313 e.